The molecule has 0 aliphatic heterocycles. The lowest BCUT2D eigenvalue weighted by Crippen LogP contribution is -1.84. The van der Waals surface area contributed by atoms with Crippen LogP contribution in [0.4, 0.5) is 5.88 Å². The summed E-state index contributed by atoms with van der Waals surface area (Å²) >= 11 is 5.32. The third-order valence-corrected chi connectivity index (χ3v) is 1.24. The lowest BCUT2D eigenvalue weighted by Gasteiger charge is -1.81. The first kappa shape index (κ1) is 7.74. The number of rotatable bonds is 2. The van der Waals surface area contributed by atoms with Crippen molar-refractivity contribution in [2.24, 2.45) is 0 Å². The van der Waals surface area contributed by atoms with Crippen LogP contribution in [0.25, 0.3) is 0 Å². The molecule has 6 heteroatoms. The van der Waals surface area contributed by atoms with Gasteiger partial charge in [-0.1, -0.05) is 11.6 Å². The minimum Gasteiger partial charge on any atom is -0.397 e. The minimum atomic E-state index is -0.796. The van der Waals surface area contributed by atoms with E-state index in [1.165, 1.54) is 0 Å². The molecule has 0 spiro atoms. The number of hydrogen-bond acceptors (Lipinski definition) is 4. The molecule has 0 atom stereocenters. The van der Waals surface area contributed by atoms with Crippen LogP contribution in [-0.2, 0) is 0 Å². The smallest absolute Gasteiger partial charge is 0.397 e. The highest BCUT2D eigenvalue weighted by Gasteiger charge is 2.19. The summed E-state index contributed by atoms with van der Waals surface area (Å²) in [6.45, 7) is 0. The zero-order chi connectivity index (χ0) is 8.43. The molecule has 1 rings (SSSR count). The Morgan fingerprint density at radius 3 is 2.64 bits per heavy atom. The Kier molecular flexibility index (Phi) is 1.91. The summed E-state index contributed by atoms with van der Waals surface area (Å²) in [5, 5.41) is 9.89. The van der Waals surface area contributed by atoms with Gasteiger partial charge in [-0.3, -0.25) is 14.9 Å². The molecule has 0 bridgehead atoms. The van der Waals surface area contributed by atoms with Gasteiger partial charge in [-0.15, -0.1) is 0 Å². The van der Waals surface area contributed by atoms with Gasteiger partial charge in [0.25, 0.3) is 0 Å². The highest BCUT2D eigenvalue weighted by Crippen LogP contribution is 2.26. The van der Waals surface area contributed by atoms with Gasteiger partial charge in [0.05, 0.1) is 0 Å². The summed E-state index contributed by atoms with van der Waals surface area (Å²) in [5.41, 5.74) is 0. The summed E-state index contributed by atoms with van der Waals surface area (Å²) in [5.74, 6) is -0.754. The molecule has 58 valence electrons. The Labute approximate surface area is 65.7 Å². The summed E-state index contributed by atoms with van der Waals surface area (Å²) in [6, 6.07) is 1.09. The van der Waals surface area contributed by atoms with Crippen molar-refractivity contribution in [3.8, 4) is 0 Å². The summed E-state index contributed by atoms with van der Waals surface area (Å²) in [7, 11) is 0. The highest BCUT2D eigenvalue weighted by molar-refractivity contribution is 6.32. The van der Waals surface area contributed by atoms with E-state index in [-0.39, 0.29) is 10.8 Å². The SMILES string of the molecule is O=Cc1cc(Cl)c([N+](=O)[O-])o1. The fourth-order valence-electron chi connectivity index (χ4n) is 0.559. The van der Waals surface area contributed by atoms with Crippen LogP contribution in [0.15, 0.2) is 10.5 Å². The van der Waals surface area contributed by atoms with Crippen LogP contribution in [0.5, 0.6) is 0 Å². The number of nitro groups is 1. The maximum Gasteiger partial charge on any atom is 0.452 e. The van der Waals surface area contributed by atoms with Crippen LogP contribution in [0.2, 0.25) is 5.02 Å². The van der Waals surface area contributed by atoms with E-state index in [1.54, 1.807) is 0 Å². The summed E-state index contributed by atoms with van der Waals surface area (Å²) < 4.78 is 4.43. The minimum absolute atomic E-state index is 0.151. The average molecular weight is 176 g/mol. The largest absolute Gasteiger partial charge is 0.452 e. The van der Waals surface area contributed by atoms with E-state index < -0.39 is 10.8 Å². The Hall–Kier alpha value is -1.36. The molecule has 5 nitrogen and oxygen atoms in total. The fraction of sp³-hybridized carbons (Fsp3) is 0. The van der Waals surface area contributed by atoms with Crippen molar-refractivity contribution >= 4 is 23.8 Å². The molecule has 0 fully saturated rings. The number of halogens is 1. The van der Waals surface area contributed by atoms with Gasteiger partial charge in [0.1, 0.15) is 4.92 Å². The Morgan fingerprint density at radius 1 is 1.73 bits per heavy atom. The predicted octanol–water partition coefficient (Wildman–Crippen LogP) is 1.65. The number of hydrogen-bond donors (Lipinski definition) is 0. The van der Waals surface area contributed by atoms with E-state index in [1.807, 2.05) is 0 Å². The molecule has 1 aromatic heterocycles. The topological polar surface area (TPSA) is 73.3 Å². The second-order valence-electron chi connectivity index (χ2n) is 1.68. The van der Waals surface area contributed by atoms with Crippen LogP contribution in [0, 0.1) is 10.1 Å². The van der Waals surface area contributed by atoms with E-state index in [9.17, 15) is 14.9 Å². The van der Waals surface area contributed by atoms with E-state index in [4.69, 9.17) is 11.6 Å². The molecular weight excluding hydrogens is 174 g/mol. The van der Waals surface area contributed by atoms with Gasteiger partial charge in [0, 0.05) is 6.07 Å². The first-order chi connectivity index (χ1) is 5.15. The number of carbonyl (C=O) groups is 1. The normalized spacial score (nSPS) is 9.55. The Bertz CT molecular complexity index is 305. The molecule has 0 aromatic carbocycles. The van der Waals surface area contributed by atoms with Gasteiger partial charge >= 0.3 is 5.88 Å². The lowest BCUT2D eigenvalue weighted by molar-refractivity contribution is -0.402. The molecule has 0 saturated heterocycles. The van der Waals surface area contributed by atoms with Gasteiger partial charge < -0.3 is 4.42 Å². The van der Waals surface area contributed by atoms with Gasteiger partial charge in [0.2, 0.25) is 0 Å². The molecule has 1 heterocycles. The summed E-state index contributed by atoms with van der Waals surface area (Å²) in [4.78, 5) is 19.3. The van der Waals surface area contributed by atoms with Crippen molar-refractivity contribution in [2.75, 3.05) is 0 Å². The maximum atomic E-state index is 10.1. The summed E-state index contributed by atoms with van der Waals surface area (Å²) in [6.07, 6.45) is 0.346. The zero-order valence-corrected chi connectivity index (χ0v) is 5.87. The zero-order valence-electron chi connectivity index (χ0n) is 5.11. The molecule has 0 N–H and O–H groups in total. The fourth-order valence-corrected chi connectivity index (χ4v) is 0.774. The van der Waals surface area contributed by atoms with Gasteiger partial charge in [-0.2, -0.15) is 0 Å². The van der Waals surface area contributed by atoms with Crippen molar-refractivity contribution in [2.45, 2.75) is 0 Å². The first-order valence-corrected chi connectivity index (χ1v) is 2.92. The maximum absolute atomic E-state index is 10.1. The van der Waals surface area contributed by atoms with Crippen molar-refractivity contribution in [1.29, 1.82) is 0 Å². The van der Waals surface area contributed by atoms with Gasteiger partial charge in [-0.05, 0) is 0 Å². The third-order valence-electron chi connectivity index (χ3n) is 0.970. The number of furan rings is 1. The standard InChI is InChI=1S/C5H2ClNO4/c6-4-1-3(2-8)11-5(4)7(9)10/h1-2H. The molecular formula is C5H2ClNO4. The lowest BCUT2D eigenvalue weighted by atomic mass is 10.5. The van der Waals surface area contributed by atoms with Gasteiger partial charge in [0.15, 0.2) is 17.1 Å². The number of carbonyl (C=O) groups excluding carboxylic acids is 1. The van der Waals surface area contributed by atoms with E-state index >= 15 is 0 Å². The van der Waals surface area contributed by atoms with Crippen molar-refractivity contribution in [1.82, 2.24) is 0 Å². The van der Waals surface area contributed by atoms with Crippen molar-refractivity contribution < 1.29 is 14.1 Å². The molecule has 0 amide bonds. The van der Waals surface area contributed by atoms with Crippen LogP contribution in [0.1, 0.15) is 10.6 Å². The molecule has 0 unspecified atom stereocenters. The van der Waals surface area contributed by atoms with E-state index in [0.29, 0.717) is 6.29 Å². The number of aldehydes is 1. The quantitative estimate of drug-likeness (QED) is 0.389. The van der Waals surface area contributed by atoms with Crippen LogP contribution < -0.4 is 0 Å². The van der Waals surface area contributed by atoms with Crippen molar-refractivity contribution in [3.63, 3.8) is 0 Å². The van der Waals surface area contributed by atoms with Crippen LogP contribution >= 0.6 is 11.6 Å². The van der Waals surface area contributed by atoms with Crippen LogP contribution in [-0.4, -0.2) is 11.2 Å². The van der Waals surface area contributed by atoms with Crippen LogP contribution in [0.3, 0.4) is 0 Å². The second kappa shape index (κ2) is 2.71. The monoisotopic (exact) mass is 175 g/mol. The number of nitrogens with zero attached hydrogens (tertiary/aromatic N) is 1. The third kappa shape index (κ3) is 1.38. The molecule has 0 saturated carbocycles. The molecule has 1 aromatic rings. The first-order valence-electron chi connectivity index (χ1n) is 2.54. The predicted molar refractivity (Wildman–Crippen MR) is 35.8 cm³/mol. The Morgan fingerprint density at radius 2 is 2.36 bits per heavy atom. The van der Waals surface area contributed by atoms with E-state index in [2.05, 4.69) is 4.42 Å². The molecule has 11 heavy (non-hydrogen) atoms. The van der Waals surface area contributed by atoms with Crippen molar-refractivity contribution in [3.05, 3.63) is 27.0 Å². The average Bonchev–Trinajstić information content (AvgIpc) is 2.30. The molecule has 0 radical (unpaired) electrons. The highest BCUT2D eigenvalue weighted by atomic mass is 35.5. The van der Waals surface area contributed by atoms with Gasteiger partial charge in [-0.25, -0.2) is 0 Å². The molecule has 0 aliphatic rings. The molecule has 0 aliphatic carbocycles. The Balaban J connectivity index is 3.16. The van der Waals surface area contributed by atoms with E-state index in [0.717, 1.165) is 6.07 Å². The second-order valence-corrected chi connectivity index (χ2v) is 2.08.